The van der Waals surface area contributed by atoms with E-state index in [1.165, 1.54) is 6.92 Å². The first kappa shape index (κ1) is 22.9. The Morgan fingerprint density at radius 3 is 2.45 bits per heavy atom. The monoisotopic (exact) mass is 429 g/mol. The van der Waals surface area contributed by atoms with Gasteiger partial charge in [-0.25, -0.2) is 0 Å². The molecular weight excluding hydrogens is 402 g/mol. The molecule has 0 aliphatic rings. The van der Waals surface area contributed by atoms with Gasteiger partial charge in [0.1, 0.15) is 12.1 Å². The summed E-state index contributed by atoms with van der Waals surface area (Å²) in [6, 6.07) is 7.93. The molecule has 0 amide bonds. The summed E-state index contributed by atoms with van der Waals surface area (Å²) >= 11 is 0. The molecule has 2 unspecified atom stereocenters. The zero-order valence-electron chi connectivity index (χ0n) is 17.3. The maximum atomic E-state index is 12.7. The summed E-state index contributed by atoms with van der Waals surface area (Å²) in [4.78, 5) is 19.6. The lowest BCUT2D eigenvalue weighted by Crippen LogP contribution is -2.44. The highest BCUT2D eigenvalue weighted by Crippen LogP contribution is 2.27. The molecule has 9 heteroatoms. The minimum absolute atomic E-state index is 0.238. The number of pyridine rings is 2. The Balaban J connectivity index is 1.88. The van der Waals surface area contributed by atoms with Crippen molar-refractivity contribution in [1.82, 2.24) is 9.97 Å². The number of hydrogen-bond donors (Lipinski definition) is 6. The number of fused-ring (bicyclic) bond motifs is 1. The van der Waals surface area contributed by atoms with Crippen molar-refractivity contribution in [1.29, 1.82) is 0 Å². The molecule has 0 aliphatic carbocycles. The van der Waals surface area contributed by atoms with E-state index in [4.69, 9.17) is 4.74 Å². The van der Waals surface area contributed by atoms with E-state index in [2.05, 4.69) is 15.3 Å². The Morgan fingerprint density at radius 2 is 1.84 bits per heavy atom. The maximum Gasteiger partial charge on any atom is 0.256 e. The molecule has 166 valence electrons. The van der Waals surface area contributed by atoms with Crippen molar-refractivity contribution in [3.05, 3.63) is 58.6 Å². The van der Waals surface area contributed by atoms with E-state index in [1.54, 1.807) is 36.7 Å². The van der Waals surface area contributed by atoms with Crippen molar-refractivity contribution >= 4 is 16.6 Å². The Kier molecular flexibility index (Phi) is 7.37. The molecule has 3 aromatic rings. The smallest absolute Gasteiger partial charge is 0.256 e. The van der Waals surface area contributed by atoms with E-state index in [0.29, 0.717) is 16.8 Å². The van der Waals surface area contributed by atoms with Crippen LogP contribution >= 0.6 is 0 Å². The minimum atomic E-state index is -1.48. The summed E-state index contributed by atoms with van der Waals surface area (Å²) in [6.07, 6.45) is -0.211. The Labute approximate surface area is 179 Å². The molecule has 6 N–H and O–H groups in total. The summed E-state index contributed by atoms with van der Waals surface area (Å²) in [5.74, 6) is 0. The van der Waals surface area contributed by atoms with E-state index in [-0.39, 0.29) is 5.56 Å². The van der Waals surface area contributed by atoms with Gasteiger partial charge in [0.25, 0.3) is 5.56 Å². The van der Waals surface area contributed by atoms with Crippen LogP contribution in [0.4, 0.5) is 5.69 Å². The van der Waals surface area contributed by atoms with Gasteiger partial charge >= 0.3 is 0 Å². The van der Waals surface area contributed by atoms with Gasteiger partial charge in [0, 0.05) is 23.5 Å². The quantitative estimate of drug-likeness (QED) is 0.273. The number of aromatic amines is 1. The van der Waals surface area contributed by atoms with E-state index in [9.17, 15) is 25.2 Å². The van der Waals surface area contributed by atoms with Crippen molar-refractivity contribution in [3.8, 4) is 11.1 Å². The number of ether oxygens (including phenoxy) is 1. The Hall–Kier alpha value is -2.82. The first-order chi connectivity index (χ1) is 14.8. The first-order valence-electron chi connectivity index (χ1n) is 9.92. The third-order valence-corrected chi connectivity index (χ3v) is 5.17. The fourth-order valence-corrected chi connectivity index (χ4v) is 3.42. The molecule has 2 aromatic heterocycles. The molecule has 9 nitrogen and oxygen atoms in total. The van der Waals surface area contributed by atoms with Crippen molar-refractivity contribution in [2.75, 3.05) is 18.5 Å². The summed E-state index contributed by atoms with van der Waals surface area (Å²) in [6.45, 7) is 2.35. The van der Waals surface area contributed by atoms with E-state index in [0.717, 1.165) is 16.5 Å². The zero-order chi connectivity index (χ0) is 22.5. The van der Waals surface area contributed by atoms with Crippen LogP contribution in [-0.2, 0) is 4.74 Å². The number of aliphatic hydroxyl groups is 4. The van der Waals surface area contributed by atoms with Gasteiger partial charge in [-0.3, -0.25) is 9.78 Å². The molecule has 4 atom stereocenters. The number of nitrogens with zero attached hydrogens (tertiary/aromatic N) is 1. The molecule has 1 aromatic carbocycles. The highest BCUT2D eigenvalue weighted by atomic mass is 16.6. The normalized spacial score (nSPS) is 15.4. The highest BCUT2D eigenvalue weighted by Gasteiger charge is 2.25. The molecular formula is C22H27N3O6. The minimum Gasteiger partial charge on any atom is -0.394 e. The second-order valence-corrected chi connectivity index (χ2v) is 7.37. The number of benzene rings is 1. The van der Waals surface area contributed by atoms with Crippen LogP contribution in [0.3, 0.4) is 0 Å². The Bertz CT molecular complexity index is 1070. The number of H-pyrrole nitrogens is 1. The SMILES string of the molecule is Cc1c(-c2ccncc2)c(=O)[nH]c2cc(N[C@@H](CO)C(O)OC(CO)[C@H](C)O)ccc12. The van der Waals surface area contributed by atoms with Gasteiger partial charge in [-0.15, -0.1) is 0 Å². The second kappa shape index (κ2) is 9.99. The van der Waals surface area contributed by atoms with Gasteiger partial charge < -0.3 is 35.5 Å². The van der Waals surface area contributed by atoms with E-state index in [1.807, 2.05) is 13.0 Å². The zero-order valence-corrected chi connectivity index (χ0v) is 17.3. The van der Waals surface area contributed by atoms with Crippen LogP contribution in [0.1, 0.15) is 12.5 Å². The summed E-state index contributed by atoms with van der Waals surface area (Å²) in [5.41, 5.74) is 3.06. The predicted octanol–water partition coefficient (Wildman–Crippen LogP) is 0.748. The van der Waals surface area contributed by atoms with Crippen LogP contribution in [0.2, 0.25) is 0 Å². The number of hydrogen-bond acceptors (Lipinski definition) is 8. The third kappa shape index (κ3) is 5.09. The van der Waals surface area contributed by atoms with E-state index >= 15 is 0 Å². The van der Waals surface area contributed by atoms with Crippen molar-refractivity contribution in [2.24, 2.45) is 0 Å². The lowest BCUT2D eigenvalue weighted by Gasteiger charge is -2.28. The molecule has 3 rings (SSSR count). The fraction of sp³-hybridized carbons (Fsp3) is 0.364. The number of nitrogens with one attached hydrogen (secondary N) is 2. The number of aromatic nitrogens is 2. The number of rotatable bonds is 9. The lowest BCUT2D eigenvalue weighted by atomic mass is 9.99. The first-order valence-corrected chi connectivity index (χ1v) is 9.92. The van der Waals surface area contributed by atoms with Crippen LogP contribution in [0.25, 0.3) is 22.0 Å². The molecule has 0 saturated heterocycles. The van der Waals surface area contributed by atoms with E-state index < -0.39 is 37.8 Å². The lowest BCUT2D eigenvalue weighted by molar-refractivity contribution is -0.182. The van der Waals surface area contributed by atoms with Crippen molar-refractivity contribution in [2.45, 2.75) is 38.4 Å². The molecule has 0 saturated carbocycles. The Morgan fingerprint density at radius 1 is 1.13 bits per heavy atom. The predicted molar refractivity (Wildman–Crippen MR) is 117 cm³/mol. The standard InChI is InChI=1S/C22H27N3O6/c1-12-16-4-3-15(24-18(10-26)22(30)31-19(11-27)13(2)28)9-17(16)25-21(29)20(12)14-5-7-23-8-6-14/h3-9,13,18-19,22,24,26-28,30H,10-11H2,1-2H3,(H,25,29)/t13-,18-,19?,22?/m0/s1. The van der Waals surface area contributed by atoms with Crippen molar-refractivity contribution < 1.29 is 25.2 Å². The molecule has 0 radical (unpaired) electrons. The summed E-state index contributed by atoms with van der Waals surface area (Å²) < 4.78 is 5.25. The number of aliphatic hydroxyl groups excluding tert-OH is 4. The van der Waals surface area contributed by atoms with Crippen LogP contribution in [0.5, 0.6) is 0 Å². The average Bonchev–Trinajstić information content (AvgIpc) is 2.75. The number of aryl methyl sites for hydroxylation is 1. The number of anilines is 1. The van der Waals surface area contributed by atoms with Crippen LogP contribution < -0.4 is 10.9 Å². The maximum absolute atomic E-state index is 12.7. The van der Waals surface area contributed by atoms with Crippen molar-refractivity contribution in [3.63, 3.8) is 0 Å². The van der Waals surface area contributed by atoms with Gasteiger partial charge in [0.05, 0.1) is 30.4 Å². The molecule has 0 bridgehead atoms. The van der Waals surface area contributed by atoms with Gasteiger partial charge in [0.15, 0.2) is 6.29 Å². The highest BCUT2D eigenvalue weighted by molar-refractivity contribution is 5.90. The van der Waals surface area contributed by atoms with Gasteiger partial charge in [-0.2, -0.15) is 0 Å². The topological polar surface area (TPSA) is 148 Å². The summed E-state index contributed by atoms with van der Waals surface area (Å²) in [7, 11) is 0. The van der Waals surface area contributed by atoms with Crippen LogP contribution in [-0.4, -0.2) is 68.1 Å². The van der Waals surface area contributed by atoms with Gasteiger partial charge in [-0.1, -0.05) is 6.07 Å². The van der Waals surface area contributed by atoms with Gasteiger partial charge in [0.2, 0.25) is 0 Å². The second-order valence-electron chi connectivity index (χ2n) is 7.37. The molecule has 0 spiro atoms. The third-order valence-electron chi connectivity index (χ3n) is 5.17. The van der Waals surface area contributed by atoms with Gasteiger partial charge in [-0.05, 0) is 49.2 Å². The molecule has 31 heavy (non-hydrogen) atoms. The van der Waals surface area contributed by atoms with Crippen LogP contribution in [0, 0.1) is 6.92 Å². The van der Waals surface area contributed by atoms with Crippen LogP contribution in [0.15, 0.2) is 47.5 Å². The molecule has 0 fully saturated rings. The summed E-state index contributed by atoms with van der Waals surface area (Å²) in [5, 5.41) is 42.5. The molecule has 2 heterocycles. The fourth-order valence-electron chi connectivity index (χ4n) is 3.42. The average molecular weight is 429 g/mol. The molecule has 0 aliphatic heterocycles. The largest absolute Gasteiger partial charge is 0.394 e.